The van der Waals surface area contributed by atoms with E-state index in [1.54, 1.807) is 7.11 Å². The zero-order valence-electron chi connectivity index (χ0n) is 13.9. The number of ether oxygens (including phenoxy) is 1. The SMILES string of the molecule is COc1ccc(CN(CC(C)C)C(C)C)cc1C#CCN. The van der Waals surface area contributed by atoms with Crippen LogP contribution < -0.4 is 10.5 Å². The maximum absolute atomic E-state index is 5.46. The van der Waals surface area contributed by atoms with Gasteiger partial charge < -0.3 is 10.5 Å². The minimum atomic E-state index is 0.360. The summed E-state index contributed by atoms with van der Waals surface area (Å²) in [5.74, 6) is 7.45. The zero-order chi connectivity index (χ0) is 15.8. The van der Waals surface area contributed by atoms with Gasteiger partial charge in [-0.3, -0.25) is 4.90 Å². The Morgan fingerprint density at radius 1 is 1.24 bits per heavy atom. The average Bonchev–Trinajstić information content (AvgIpc) is 2.44. The number of benzene rings is 1. The van der Waals surface area contributed by atoms with E-state index in [0.717, 1.165) is 24.4 Å². The molecule has 0 bridgehead atoms. The Balaban J connectivity index is 2.96. The molecule has 0 heterocycles. The summed E-state index contributed by atoms with van der Waals surface area (Å²) >= 11 is 0. The van der Waals surface area contributed by atoms with Crippen LogP contribution in [0.15, 0.2) is 18.2 Å². The summed E-state index contributed by atoms with van der Waals surface area (Å²) in [6.07, 6.45) is 0. The summed E-state index contributed by atoms with van der Waals surface area (Å²) in [7, 11) is 1.67. The molecule has 0 radical (unpaired) electrons. The fourth-order valence-electron chi connectivity index (χ4n) is 2.26. The van der Waals surface area contributed by atoms with Crippen molar-refractivity contribution in [3.63, 3.8) is 0 Å². The molecule has 0 saturated carbocycles. The number of nitrogens with two attached hydrogens (primary N) is 1. The molecule has 1 aromatic carbocycles. The Morgan fingerprint density at radius 3 is 2.48 bits per heavy atom. The lowest BCUT2D eigenvalue weighted by molar-refractivity contribution is 0.189. The van der Waals surface area contributed by atoms with E-state index in [2.05, 4.69) is 56.6 Å². The van der Waals surface area contributed by atoms with Gasteiger partial charge in [0.05, 0.1) is 19.2 Å². The molecule has 0 aromatic heterocycles. The highest BCUT2D eigenvalue weighted by atomic mass is 16.5. The van der Waals surface area contributed by atoms with Gasteiger partial charge in [0, 0.05) is 19.1 Å². The number of methoxy groups -OCH3 is 1. The molecule has 0 atom stereocenters. The van der Waals surface area contributed by atoms with E-state index in [-0.39, 0.29) is 0 Å². The van der Waals surface area contributed by atoms with Crippen molar-refractivity contribution in [3.05, 3.63) is 29.3 Å². The Bertz CT molecular complexity index is 498. The van der Waals surface area contributed by atoms with Gasteiger partial charge >= 0.3 is 0 Å². The predicted octanol–water partition coefficient (Wildman–Crippen LogP) is 2.87. The van der Waals surface area contributed by atoms with Crippen LogP contribution in [0.2, 0.25) is 0 Å². The van der Waals surface area contributed by atoms with Crippen molar-refractivity contribution in [1.29, 1.82) is 0 Å². The van der Waals surface area contributed by atoms with Gasteiger partial charge in [-0.25, -0.2) is 0 Å². The summed E-state index contributed by atoms with van der Waals surface area (Å²) < 4.78 is 5.36. The van der Waals surface area contributed by atoms with Crippen molar-refractivity contribution < 1.29 is 4.74 Å². The second-order valence-corrected chi connectivity index (χ2v) is 5.96. The molecule has 3 heteroatoms. The largest absolute Gasteiger partial charge is 0.495 e. The van der Waals surface area contributed by atoms with Crippen molar-refractivity contribution in [2.75, 3.05) is 20.2 Å². The monoisotopic (exact) mass is 288 g/mol. The van der Waals surface area contributed by atoms with E-state index in [1.807, 2.05) is 6.07 Å². The molecule has 0 spiro atoms. The molecule has 0 saturated heterocycles. The van der Waals surface area contributed by atoms with Crippen LogP contribution in [-0.2, 0) is 6.54 Å². The molecule has 0 aliphatic heterocycles. The summed E-state index contributed by atoms with van der Waals surface area (Å²) in [5.41, 5.74) is 7.63. The van der Waals surface area contributed by atoms with Crippen LogP contribution in [0.5, 0.6) is 5.75 Å². The minimum Gasteiger partial charge on any atom is -0.495 e. The Hall–Kier alpha value is -1.50. The molecule has 1 aromatic rings. The van der Waals surface area contributed by atoms with Crippen LogP contribution in [0.1, 0.15) is 38.8 Å². The zero-order valence-corrected chi connectivity index (χ0v) is 13.9. The maximum Gasteiger partial charge on any atom is 0.134 e. The molecule has 3 nitrogen and oxygen atoms in total. The normalized spacial score (nSPS) is 10.9. The van der Waals surface area contributed by atoms with Crippen LogP contribution in [0.4, 0.5) is 0 Å². The summed E-state index contributed by atoms with van der Waals surface area (Å²) in [5, 5.41) is 0. The van der Waals surface area contributed by atoms with E-state index in [0.29, 0.717) is 18.5 Å². The van der Waals surface area contributed by atoms with Crippen LogP contribution >= 0.6 is 0 Å². The first-order valence-electron chi connectivity index (χ1n) is 7.57. The number of rotatable bonds is 6. The third-order valence-corrected chi connectivity index (χ3v) is 3.30. The van der Waals surface area contributed by atoms with E-state index in [4.69, 9.17) is 10.5 Å². The third-order valence-electron chi connectivity index (χ3n) is 3.30. The van der Waals surface area contributed by atoms with Gasteiger partial charge in [0.15, 0.2) is 0 Å². The van der Waals surface area contributed by atoms with Crippen molar-refractivity contribution in [1.82, 2.24) is 4.90 Å². The van der Waals surface area contributed by atoms with Gasteiger partial charge in [0.1, 0.15) is 5.75 Å². The van der Waals surface area contributed by atoms with Gasteiger partial charge in [-0.05, 0) is 37.5 Å². The summed E-state index contributed by atoms with van der Waals surface area (Å²) in [4.78, 5) is 2.48. The first-order valence-corrected chi connectivity index (χ1v) is 7.57. The van der Waals surface area contributed by atoms with Gasteiger partial charge in [0.25, 0.3) is 0 Å². The topological polar surface area (TPSA) is 38.5 Å². The highest BCUT2D eigenvalue weighted by Crippen LogP contribution is 2.20. The first-order chi connectivity index (χ1) is 9.97. The molecule has 2 N–H and O–H groups in total. The molecule has 0 aliphatic rings. The quantitative estimate of drug-likeness (QED) is 0.818. The lowest BCUT2D eigenvalue weighted by Crippen LogP contribution is -2.33. The molecule has 0 unspecified atom stereocenters. The third kappa shape index (κ3) is 5.79. The standard InChI is InChI=1S/C18H28N2O/c1-14(2)12-20(15(3)4)13-16-8-9-18(21-5)17(11-16)7-6-10-19/h8-9,11,14-15H,10,12-13,19H2,1-5H3. The van der Waals surface area contributed by atoms with E-state index in [1.165, 1.54) is 5.56 Å². The molecular weight excluding hydrogens is 260 g/mol. The van der Waals surface area contributed by atoms with Gasteiger partial charge in [-0.2, -0.15) is 0 Å². The van der Waals surface area contributed by atoms with Crippen LogP contribution in [0.25, 0.3) is 0 Å². The number of hydrogen-bond acceptors (Lipinski definition) is 3. The van der Waals surface area contributed by atoms with Crippen molar-refractivity contribution in [3.8, 4) is 17.6 Å². The van der Waals surface area contributed by atoms with Crippen LogP contribution in [0.3, 0.4) is 0 Å². The van der Waals surface area contributed by atoms with E-state index < -0.39 is 0 Å². The highest BCUT2D eigenvalue weighted by Gasteiger charge is 2.12. The Labute approximate surface area is 129 Å². The van der Waals surface area contributed by atoms with Crippen molar-refractivity contribution in [2.24, 2.45) is 11.7 Å². The van der Waals surface area contributed by atoms with Gasteiger partial charge in [-0.1, -0.05) is 31.8 Å². The van der Waals surface area contributed by atoms with Crippen molar-refractivity contribution >= 4 is 0 Å². The fraction of sp³-hybridized carbons (Fsp3) is 0.556. The van der Waals surface area contributed by atoms with E-state index >= 15 is 0 Å². The molecule has 116 valence electrons. The molecular formula is C18H28N2O. The molecule has 0 aliphatic carbocycles. The smallest absolute Gasteiger partial charge is 0.134 e. The first kappa shape index (κ1) is 17.6. The van der Waals surface area contributed by atoms with Crippen LogP contribution in [-0.4, -0.2) is 31.1 Å². The molecule has 1 rings (SSSR count). The molecule has 0 fully saturated rings. The maximum atomic E-state index is 5.46. The molecule has 0 amide bonds. The second-order valence-electron chi connectivity index (χ2n) is 5.96. The number of nitrogens with zero attached hydrogens (tertiary/aromatic N) is 1. The van der Waals surface area contributed by atoms with Crippen LogP contribution in [0, 0.1) is 17.8 Å². The Kier molecular flexibility index (Phi) is 7.28. The average molecular weight is 288 g/mol. The van der Waals surface area contributed by atoms with E-state index in [9.17, 15) is 0 Å². The lowest BCUT2D eigenvalue weighted by atomic mass is 10.1. The Morgan fingerprint density at radius 2 is 1.95 bits per heavy atom. The second kappa shape index (κ2) is 8.71. The van der Waals surface area contributed by atoms with Gasteiger partial charge in [-0.15, -0.1) is 0 Å². The summed E-state index contributed by atoms with van der Waals surface area (Å²) in [6, 6.07) is 6.73. The highest BCUT2D eigenvalue weighted by molar-refractivity contribution is 5.48. The summed E-state index contributed by atoms with van der Waals surface area (Å²) in [6.45, 7) is 11.4. The minimum absolute atomic E-state index is 0.360. The molecule has 21 heavy (non-hydrogen) atoms. The fourth-order valence-corrected chi connectivity index (χ4v) is 2.26. The van der Waals surface area contributed by atoms with Gasteiger partial charge in [0.2, 0.25) is 0 Å². The lowest BCUT2D eigenvalue weighted by Gasteiger charge is -2.28. The predicted molar refractivity (Wildman–Crippen MR) is 89.3 cm³/mol. The number of hydrogen-bond donors (Lipinski definition) is 1. The van der Waals surface area contributed by atoms with Crippen molar-refractivity contribution in [2.45, 2.75) is 40.3 Å².